The van der Waals surface area contributed by atoms with Crippen LogP contribution in [-0.4, -0.2) is 29.7 Å². The molecule has 0 atom stereocenters. The van der Waals surface area contributed by atoms with Crippen LogP contribution >= 0.6 is 47.2 Å². The summed E-state index contributed by atoms with van der Waals surface area (Å²) in [7, 11) is 1.71. The summed E-state index contributed by atoms with van der Waals surface area (Å²) in [6.45, 7) is 1.11. The molecule has 1 heterocycles. The summed E-state index contributed by atoms with van der Waals surface area (Å²) in [6.07, 6.45) is 0.860. The molecule has 2 aromatic carbocycles. The lowest BCUT2D eigenvalue weighted by Crippen LogP contribution is -2.37. The van der Waals surface area contributed by atoms with Gasteiger partial charge in [-0.3, -0.25) is 4.99 Å². The molecule has 6 nitrogen and oxygen atoms in total. The van der Waals surface area contributed by atoms with E-state index in [2.05, 4.69) is 25.8 Å². The van der Waals surface area contributed by atoms with E-state index in [1.165, 1.54) is 5.56 Å². The highest BCUT2D eigenvalue weighted by Gasteiger charge is 2.09. The van der Waals surface area contributed by atoms with Crippen molar-refractivity contribution in [3.05, 3.63) is 70.0 Å². The van der Waals surface area contributed by atoms with Crippen molar-refractivity contribution in [1.82, 2.24) is 20.8 Å². The van der Waals surface area contributed by atoms with E-state index in [1.807, 2.05) is 36.4 Å². The summed E-state index contributed by atoms with van der Waals surface area (Å²) >= 11 is 11.8. The van der Waals surface area contributed by atoms with Crippen LogP contribution in [0.1, 0.15) is 11.5 Å². The number of rotatable bonds is 6. The summed E-state index contributed by atoms with van der Waals surface area (Å²) in [6, 6.07) is 15.1. The Morgan fingerprint density at radius 3 is 2.29 bits per heavy atom. The Balaban J connectivity index is 0.00000280. The maximum Gasteiger partial charge on any atom is 0.246 e. The predicted molar refractivity (Wildman–Crippen MR) is 124 cm³/mol. The zero-order valence-corrected chi connectivity index (χ0v) is 19.0. The van der Waals surface area contributed by atoms with E-state index in [4.69, 9.17) is 27.7 Å². The fraction of sp³-hybridized carbons (Fsp3) is 0.211. The van der Waals surface area contributed by atoms with Gasteiger partial charge >= 0.3 is 0 Å². The molecular weight excluding hydrogens is 512 g/mol. The second-order valence-electron chi connectivity index (χ2n) is 5.75. The van der Waals surface area contributed by atoms with Crippen molar-refractivity contribution in [1.29, 1.82) is 0 Å². The van der Waals surface area contributed by atoms with E-state index in [1.54, 1.807) is 19.2 Å². The second kappa shape index (κ2) is 11.2. The van der Waals surface area contributed by atoms with Crippen LogP contribution < -0.4 is 10.6 Å². The summed E-state index contributed by atoms with van der Waals surface area (Å²) in [5.41, 5.74) is 2.05. The molecule has 9 heteroatoms. The van der Waals surface area contributed by atoms with Crippen molar-refractivity contribution >= 4 is 53.1 Å². The number of nitrogens with one attached hydrogen (secondary N) is 2. The number of hydrogen-bond acceptors (Lipinski definition) is 4. The van der Waals surface area contributed by atoms with Crippen LogP contribution in [0.2, 0.25) is 10.0 Å². The van der Waals surface area contributed by atoms with Crippen molar-refractivity contribution in [2.45, 2.75) is 13.0 Å². The number of aliphatic imine (C=N–C) groups is 1. The summed E-state index contributed by atoms with van der Waals surface area (Å²) < 4.78 is 5.28. The van der Waals surface area contributed by atoms with E-state index in [0.717, 1.165) is 23.6 Å². The first-order chi connectivity index (χ1) is 13.1. The monoisotopic (exact) mass is 531 g/mol. The minimum atomic E-state index is 0. The van der Waals surface area contributed by atoms with Gasteiger partial charge in [0.05, 0.1) is 6.54 Å². The van der Waals surface area contributed by atoms with Crippen molar-refractivity contribution in [2.24, 2.45) is 4.99 Å². The van der Waals surface area contributed by atoms with Gasteiger partial charge in [-0.1, -0.05) is 40.5 Å². The van der Waals surface area contributed by atoms with Gasteiger partial charge in [0.15, 0.2) is 5.96 Å². The zero-order valence-electron chi connectivity index (χ0n) is 15.2. The molecule has 0 aliphatic rings. The Morgan fingerprint density at radius 1 is 1.00 bits per heavy atom. The quantitative estimate of drug-likeness (QED) is 0.277. The third-order valence-electron chi connectivity index (χ3n) is 3.82. The molecule has 0 aliphatic heterocycles. The van der Waals surface area contributed by atoms with Crippen LogP contribution in [0.4, 0.5) is 0 Å². The van der Waals surface area contributed by atoms with Gasteiger partial charge in [0.2, 0.25) is 11.7 Å². The van der Waals surface area contributed by atoms with Crippen LogP contribution in [0, 0.1) is 0 Å². The minimum absolute atomic E-state index is 0. The predicted octanol–water partition coefficient (Wildman–Crippen LogP) is 4.57. The van der Waals surface area contributed by atoms with Gasteiger partial charge in [-0.2, -0.15) is 4.98 Å². The van der Waals surface area contributed by atoms with Crippen LogP contribution in [0.15, 0.2) is 58.0 Å². The van der Waals surface area contributed by atoms with Crippen molar-refractivity contribution < 1.29 is 4.52 Å². The van der Waals surface area contributed by atoms with E-state index < -0.39 is 0 Å². The van der Waals surface area contributed by atoms with E-state index in [0.29, 0.717) is 29.2 Å². The maximum atomic E-state index is 5.90. The topological polar surface area (TPSA) is 75.3 Å². The number of aromatic nitrogens is 2. The van der Waals surface area contributed by atoms with Gasteiger partial charge in [0.1, 0.15) is 0 Å². The molecule has 2 N–H and O–H groups in total. The van der Waals surface area contributed by atoms with Gasteiger partial charge in [0.25, 0.3) is 0 Å². The number of benzene rings is 2. The molecular formula is C19H20Cl2IN5O. The molecule has 0 amide bonds. The third kappa shape index (κ3) is 6.65. The first kappa shape index (κ1) is 22.4. The van der Waals surface area contributed by atoms with Gasteiger partial charge in [-0.25, -0.2) is 0 Å². The summed E-state index contributed by atoms with van der Waals surface area (Å²) in [5.74, 6) is 1.66. The standard InChI is InChI=1S/C19H19Cl2N5O.HI/c1-22-19(23-11-10-13-2-6-15(20)7-3-13)24-12-17-25-18(26-27-17)14-4-8-16(21)9-5-14;/h2-9H,10-12H2,1H3,(H2,22,23,24);1H. The highest BCUT2D eigenvalue weighted by molar-refractivity contribution is 14.0. The first-order valence-corrected chi connectivity index (χ1v) is 9.17. The molecule has 28 heavy (non-hydrogen) atoms. The Bertz CT molecular complexity index is 897. The fourth-order valence-corrected chi connectivity index (χ4v) is 2.65. The van der Waals surface area contributed by atoms with Crippen molar-refractivity contribution in [2.75, 3.05) is 13.6 Å². The van der Waals surface area contributed by atoms with Gasteiger partial charge in [0, 0.05) is 29.2 Å². The summed E-state index contributed by atoms with van der Waals surface area (Å²) in [4.78, 5) is 8.57. The number of guanidine groups is 1. The van der Waals surface area contributed by atoms with Gasteiger partial charge in [-0.05, 0) is 48.4 Å². The molecule has 3 rings (SSSR count). The lowest BCUT2D eigenvalue weighted by atomic mass is 10.1. The fourth-order valence-electron chi connectivity index (χ4n) is 2.40. The molecule has 0 bridgehead atoms. The first-order valence-electron chi connectivity index (χ1n) is 8.41. The summed E-state index contributed by atoms with van der Waals surface area (Å²) in [5, 5.41) is 11.8. The Kier molecular flexibility index (Phi) is 9.01. The average Bonchev–Trinajstić information content (AvgIpc) is 3.15. The van der Waals surface area contributed by atoms with Crippen LogP contribution in [0.25, 0.3) is 11.4 Å². The Hall–Kier alpha value is -1.84. The van der Waals surface area contributed by atoms with Gasteiger partial charge in [-0.15, -0.1) is 24.0 Å². The molecule has 0 spiro atoms. The van der Waals surface area contributed by atoms with Crippen LogP contribution in [-0.2, 0) is 13.0 Å². The molecule has 0 fully saturated rings. The van der Waals surface area contributed by atoms with Crippen LogP contribution in [0.5, 0.6) is 0 Å². The van der Waals surface area contributed by atoms with Gasteiger partial charge < -0.3 is 15.2 Å². The molecule has 3 aromatic rings. The third-order valence-corrected chi connectivity index (χ3v) is 4.32. The van der Waals surface area contributed by atoms with E-state index >= 15 is 0 Å². The lowest BCUT2D eigenvalue weighted by molar-refractivity contribution is 0.375. The number of halogens is 3. The molecule has 1 aromatic heterocycles. The second-order valence-corrected chi connectivity index (χ2v) is 6.62. The van der Waals surface area contributed by atoms with E-state index in [9.17, 15) is 0 Å². The lowest BCUT2D eigenvalue weighted by Gasteiger charge is -2.10. The Morgan fingerprint density at radius 2 is 1.64 bits per heavy atom. The highest BCUT2D eigenvalue weighted by Crippen LogP contribution is 2.18. The largest absolute Gasteiger partial charge is 0.356 e. The molecule has 0 radical (unpaired) electrons. The average molecular weight is 532 g/mol. The highest BCUT2D eigenvalue weighted by atomic mass is 127. The van der Waals surface area contributed by atoms with E-state index in [-0.39, 0.29) is 24.0 Å². The molecule has 0 saturated carbocycles. The maximum absolute atomic E-state index is 5.90. The zero-order chi connectivity index (χ0) is 19.1. The molecule has 0 aliphatic carbocycles. The SMILES string of the molecule is CN=C(NCCc1ccc(Cl)cc1)NCc1nc(-c2ccc(Cl)cc2)no1.I. The van der Waals surface area contributed by atoms with Crippen molar-refractivity contribution in [3.63, 3.8) is 0 Å². The smallest absolute Gasteiger partial charge is 0.246 e. The van der Waals surface area contributed by atoms with Crippen molar-refractivity contribution in [3.8, 4) is 11.4 Å². The molecule has 148 valence electrons. The number of nitrogens with zero attached hydrogens (tertiary/aromatic N) is 3. The minimum Gasteiger partial charge on any atom is -0.356 e. The molecule has 0 saturated heterocycles. The Labute approximate surface area is 190 Å². The van der Waals surface area contributed by atoms with Crippen LogP contribution in [0.3, 0.4) is 0 Å². The normalized spacial score (nSPS) is 11.0. The number of hydrogen-bond donors (Lipinski definition) is 2. The molecule has 0 unspecified atom stereocenters.